The van der Waals surface area contributed by atoms with Gasteiger partial charge in [0.25, 0.3) is 0 Å². The van der Waals surface area contributed by atoms with E-state index >= 15 is 0 Å². The molecule has 0 unspecified atom stereocenters. The molecule has 1 aliphatic heterocycles. The molecule has 4 heteroatoms. The van der Waals surface area contributed by atoms with Crippen molar-refractivity contribution in [3.63, 3.8) is 0 Å². The molecule has 2 heterocycles. The van der Waals surface area contributed by atoms with E-state index in [2.05, 4.69) is 5.32 Å². The van der Waals surface area contributed by atoms with Gasteiger partial charge in [-0.1, -0.05) is 26.0 Å². The van der Waals surface area contributed by atoms with Gasteiger partial charge < -0.3 is 5.32 Å². The summed E-state index contributed by atoms with van der Waals surface area (Å²) in [6.45, 7) is 6.00. The second-order valence-electron chi connectivity index (χ2n) is 4.68. The number of piperidine rings is 1. The third-order valence-electron chi connectivity index (χ3n) is 3.67. The fraction of sp³-hybridized carbons (Fsp3) is 0.533. The maximum atomic E-state index is 12.3. The molecular formula is C15H23N3O. The topological polar surface area (TPSA) is 39.0 Å². The van der Waals surface area contributed by atoms with Crippen LogP contribution in [0.3, 0.4) is 0 Å². The van der Waals surface area contributed by atoms with Gasteiger partial charge in [-0.3, -0.25) is 9.13 Å². The third-order valence-corrected chi connectivity index (χ3v) is 3.67. The van der Waals surface area contributed by atoms with E-state index < -0.39 is 0 Å². The van der Waals surface area contributed by atoms with Crippen molar-refractivity contribution in [1.82, 2.24) is 14.5 Å². The number of fused-ring (bicyclic) bond motifs is 1. The molecule has 0 radical (unpaired) electrons. The second-order valence-corrected chi connectivity index (χ2v) is 4.68. The van der Waals surface area contributed by atoms with Gasteiger partial charge in [-0.15, -0.1) is 0 Å². The van der Waals surface area contributed by atoms with Gasteiger partial charge in [-0.25, -0.2) is 4.79 Å². The number of rotatable bonds is 1. The zero-order valence-corrected chi connectivity index (χ0v) is 12.0. The van der Waals surface area contributed by atoms with Crippen molar-refractivity contribution >= 4 is 11.0 Å². The van der Waals surface area contributed by atoms with Crippen LogP contribution >= 0.6 is 0 Å². The summed E-state index contributed by atoms with van der Waals surface area (Å²) < 4.78 is 3.72. The minimum Gasteiger partial charge on any atom is -0.317 e. The van der Waals surface area contributed by atoms with Crippen molar-refractivity contribution in [3.05, 3.63) is 34.7 Å². The Morgan fingerprint density at radius 1 is 1.11 bits per heavy atom. The van der Waals surface area contributed by atoms with E-state index in [9.17, 15) is 4.79 Å². The molecule has 3 rings (SSSR count). The van der Waals surface area contributed by atoms with Gasteiger partial charge in [-0.2, -0.15) is 0 Å². The molecule has 0 bridgehead atoms. The first-order valence-corrected chi connectivity index (χ1v) is 7.15. The molecule has 1 aromatic carbocycles. The van der Waals surface area contributed by atoms with Gasteiger partial charge in [0.15, 0.2) is 0 Å². The molecule has 0 spiro atoms. The van der Waals surface area contributed by atoms with Crippen LogP contribution in [0.4, 0.5) is 0 Å². The van der Waals surface area contributed by atoms with E-state index in [-0.39, 0.29) is 5.69 Å². The molecule has 104 valence electrons. The predicted molar refractivity (Wildman–Crippen MR) is 79.7 cm³/mol. The molecule has 1 saturated heterocycles. The molecular weight excluding hydrogens is 238 g/mol. The number of hydrogen-bond acceptors (Lipinski definition) is 2. The van der Waals surface area contributed by atoms with E-state index in [4.69, 9.17) is 0 Å². The molecule has 2 aromatic rings. The predicted octanol–water partition coefficient (Wildman–Crippen LogP) is 2.29. The summed E-state index contributed by atoms with van der Waals surface area (Å²) in [5, 5.41) is 3.34. The van der Waals surface area contributed by atoms with Gasteiger partial charge in [0.1, 0.15) is 0 Å². The lowest BCUT2D eigenvalue weighted by Crippen LogP contribution is -2.34. The molecule has 1 aliphatic rings. The maximum absolute atomic E-state index is 12.3. The van der Waals surface area contributed by atoms with Crippen molar-refractivity contribution in [1.29, 1.82) is 0 Å². The van der Waals surface area contributed by atoms with Crippen molar-refractivity contribution < 1.29 is 0 Å². The monoisotopic (exact) mass is 261 g/mol. The van der Waals surface area contributed by atoms with Gasteiger partial charge in [0.05, 0.1) is 11.0 Å². The Morgan fingerprint density at radius 3 is 2.32 bits per heavy atom. The van der Waals surface area contributed by atoms with Crippen molar-refractivity contribution in [2.75, 3.05) is 13.1 Å². The zero-order chi connectivity index (χ0) is 13.8. The van der Waals surface area contributed by atoms with Crippen LogP contribution in [-0.2, 0) is 7.05 Å². The van der Waals surface area contributed by atoms with E-state index in [1.165, 1.54) is 0 Å². The first-order valence-electron chi connectivity index (χ1n) is 7.15. The average molecular weight is 261 g/mol. The van der Waals surface area contributed by atoms with Crippen molar-refractivity contribution in [2.45, 2.75) is 32.7 Å². The first-order chi connectivity index (χ1) is 9.29. The average Bonchev–Trinajstić information content (AvgIpc) is 2.75. The zero-order valence-electron chi connectivity index (χ0n) is 12.0. The Kier molecular flexibility index (Phi) is 4.43. The second kappa shape index (κ2) is 6.06. The SMILES string of the molecule is CC.Cn1c(=O)n(C2CCNCC2)c2ccccc21. The number of nitrogens with zero attached hydrogens (tertiary/aromatic N) is 2. The lowest BCUT2D eigenvalue weighted by Gasteiger charge is -2.23. The number of benzene rings is 1. The molecule has 0 saturated carbocycles. The summed E-state index contributed by atoms with van der Waals surface area (Å²) in [6.07, 6.45) is 2.07. The number of nitrogens with one attached hydrogen (secondary N) is 1. The summed E-state index contributed by atoms with van der Waals surface area (Å²) in [5.41, 5.74) is 2.20. The Hall–Kier alpha value is -1.55. The Morgan fingerprint density at radius 2 is 1.68 bits per heavy atom. The summed E-state index contributed by atoms with van der Waals surface area (Å²) in [7, 11) is 1.85. The molecule has 0 aliphatic carbocycles. The van der Waals surface area contributed by atoms with Crippen LogP contribution < -0.4 is 11.0 Å². The summed E-state index contributed by atoms with van der Waals surface area (Å²) in [6, 6.07) is 8.37. The van der Waals surface area contributed by atoms with Gasteiger partial charge >= 0.3 is 5.69 Å². The summed E-state index contributed by atoms with van der Waals surface area (Å²) in [5.74, 6) is 0. The Bertz CT molecular complexity index is 591. The van der Waals surface area contributed by atoms with E-state index in [0.29, 0.717) is 6.04 Å². The Labute approximate surface area is 114 Å². The van der Waals surface area contributed by atoms with Crippen molar-refractivity contribution in [3.8, 4) is 0 Å². The Balaban J connectivity index is 0.000000637. The number of imidazole rings is 1. The molecule has 0 amide bonds. The maximum Gasteiger partial charge on any atom is 0.329 e. The summed E-state index contributed by atoms with van der Waals surface area (Å²) in [4.78, 5) is 12.3. The number of para-hydroxylation sites is 2. The largest absolute Gasteiger partial charge is 0.329 e. The van der Waals surface area contributed by atoms with Gasteiger partial charge in [0, 0.05) is 13.1 Å². The van der Waals surface area contributed by atoms with Crippen LogP contribution in [0.1, 0.15) is 32.7 Å². The standard InChI is InChI=1S/C13H17N3O.C2H6/c1-15-11-4-2-3-5-12(11)16(13(15)17)10-6-8-14-9-7-10;1-2/h2-5,10,14H,6-9H2,1H3;1-2H3. The smallest absolute Gasteiger partial charge is 0.317 e. The van der Waals surface area contributed by atoms with E-state index in [0.717, 1.165) is 37.0 Å². The van der Waals surface area contributed by atoms with Crippen LogP contribution in [-0.4, -0.2) is 22.2 Å². The fourth-order valence-electron chi connectivity index (χ4n) is 2.74. The minimum absolute atomic E-state index is 0.109. The molecule has 1 N–H and O–H groups in total. The van der Waals surface area contributed by atoms with Crippen molar-refractivity contribution in [2.24, 2.45) is 7.05 Å². The highest BCUT2D eigenvalue weighted by atomic mass is 16.1. The van der Waals surface area contributed by atoms with Crippen LogP contribution in [0.15, 0.2) is 29.1 Å². The highest BCUT2D eigenvalue weighted by Gasteiger charge is 2.20. The number of aryl methyl sites for hydroxylation is 1. The summed E-state index contributed by atoms with van der Waals surface area (Å²) >= 11 is 0. The van der Waals surface area contributed by atoms with E-state index in [1.807, 2.05) is 49.7 Å². The van der Waals surface area contributed by atoms with E-state index in [1.54, 1.807) is 4.57 Å². The number of hydrogen-bond donors (Lipinski definition) is 1. The molecule has 1 fully saturated rings. The minimum atomic E-state index is 0.109. The highest BCUT2D eigenvalue weighted by Crippen LogP contribution is 2.22. The molecule has 1 aromatic heterocycles. The van der Waals surface area contributed by atoms with Crippen LogP contribution in [0.2, 0.25) is 0 Å². The fourth-order valence-corrected chi connectivity index (χ4v) is 2.74. The van der Waals surface area contributed by atoms with Crippen LogP contribution in [0.25, 0.3) is 11.0 Å². The van der Waals surface area contributed by atoms with Crippen LogP contribution in [0, 0.1) is 0 Å². The van der Waals surface area contributed by atoms with Gasteiger partial charge in [0.2, 0.25) is 0 Å². The molecule has 0 atom stereocenters. The quantitative estimate of drug-likeness (QED) is 0.855. The first kappa shape index (κ1) is 13.9. The van der Waals surface area contributed by atoms with Crippen LogP contribution in [0.5, 0.6) is 0 Å². The molecule has 4 nitrogen and oxygen atoms in total. The number of aromatic nitrogens is 2. The lowest BCUT2D eigenvalue weighted by molar-refractivity contribution is 0.366. The third kappa shape index (κ3) is 2.45. The molecule has 19 heavy (non-hydrogen) atoms. The van der Waals surface area contributed by atoms with Gasteiger partial charge in [-0.05, 0) is 38.1 Å². The highest BCUT2D eigenvalue weighted by molar-refractivity contribution is 5.76. The normalized spacial score (nSPS) is 16.2. The lowest BCUT2D eigenvalue weighted by atomic mass is 10.1.